The molecule has 0 spiro atoms. The lowest BCUT2D eigenvalue weighted by Crippen LogP contribution is -2.30. The molecule has 1 atom stereocenters. The Labute approximate surface area is 144 Å². The number of ether oxygens (including phenoxy) is 1. The molecule has 0 aliphatic heterocycles. The van der Waals surface area contributed by atoms with E-state index in [1.165, 1.54) is 16.4 Å². The summed E-state index contributed by atoms with van der Waals surface area (Å²) in [7, 11) is 1.63. The van der Waals surface area contributed by atoms with Crippen LogP contribution in [0.25, 0.3) is 0 Å². The first-order valence-corrected chi connectivity index (χ1v) is 8.74. The van der Waals surface area contributed by atoms with Crippen LogP contribution in [0.3, 0.4) is 0 Å². The molecular formula is C16H21N5O2S. The van der Waals surface area contributed by atoms with Gasteiger partial charge >= 0.3 is 0 Å². The van der Waals surface area contributed by atoms with Crippen molar-refractivity contribution in [1.82, 2.24) is 20.2 Å². The summed E-state index contributed by atoms with van der Waals surface area (Å²) in [5.74, 6) is 7.98. The van der Waals surface area contributed by atoms with E-state index in [0.29, 0.717) is 17.6 Å². The van der Waals surface area contributed by atoms with Gasteiger partial charge in [0.1, 0.15) is 5.75 Å². The maximum Gasteiger partial charge on any atom is 0.233 e. The van der Waals surface area contributed by atoms with Gasteiger partial charge in [-0.15, -0.1) is 10.2 Å². The van der Waals surface area contributed by atoms with Crippen molar-refractivity contribution in [3.05, 3.63) is 35.7 Å². The number of carbonyl (C=O) groups excluding carboxylic acids is 1. The molecule has 1 aromatic heterocycles. The first kappa shape index (κ1) is 16.6. The van der Waals surface area contributed by atoms with Gasteiger partial charge in [-0.3, -0.25) is 4.79 Å². The molecule has 0 saturated heterocycles. The molecule has 7 nitrogen and oxygen atoms in total. The van der Waals surface area contributed by atoms with Crippen molar-refractivity contribution in [2.24, 2.45) is 0 Å². The first-order chi connectivity index (χ1) is 11.6. The normalized spacial score (nSPS) is 15.1. The molecule has 1 aliphatic rings. The van der Waals surface area contributed by atoms with Crippen molar-refractivity contribution in [2.45, 2.75) is 42.6 Å². The number of hydrogen-bond donors (Lipinski definition) is 2. The maximum absolute atomic E-state index is 12.3. The van der Waals surface area contributed by atoms with E-state index in [1.54, 1.807) is 7.11 Å². The lowest BCUT2D eigenvalue weighted by Gasteiger charge is -2.12. The van der Waals surface area contributed by atoms with Crippen molar-refractivity contribution >= 4 is 17.7 Å². The molecule has 1 aromatic carbocycles. The van der Waals surface area contributed by atoms with Crippen LogP contribution >= 0.6 is 11.8 Å². The van der Waals surface area contributed by atoms with Gasteiger partial charge in [-0.2, -0.15) is 0 Å². The van der Waals surface area contributed by atoms with Crippen LogP contribution in [0.5, 0.6) is 5.75 Å². The van der Waals surface area contributed by atoms with Gasteiger partial charge < -0.3 is 15.9 Å². The predicted molar refractivity (Wildman–Crippen MR) is 92.3 cm³/mol. The molecule has 24 heavy (non-hydrogen) atoms. The molecule has 128 valence electrons. The van der Waals surface area contributed by atoms with Gasteiger partial charge in [-0.1, -0.05) is 23.9 Å². The second-order valence-corrected chi connectivity index (χ2v) is 7.12. The highest BCUT2D eigenvalue weighted by atomic mass is 32.2. The Morgan fingerprint density at radius 1 is 1.42 bits per heavy atom. The van der Waals surface area contributed by atoms with Crippen LogP contribution in [0, 0.1) is 0 Å². The molecule has 0 unspecified atom stereocenters. The zero-order valence-corrected chi connectivity index (χ0v) is 14.5. The van der Waals surface area contributed by atoms with Gasteiger partial charge in [0.15, 0.2) is 5.82 Å². The Kier molecular flexibility index (Phi) is 4.94. The summed E-state index contributed by atoms with van der Waals surface area (Å²) < 4.78 is 6.63. The number of hydrogen-bond acceptors (Lipinski definition) is 6. The molecule has 1 aliphatic carbocycles. The number of benzene rings is 1. The highest BCUT2D eigenvalue weighted by Gasteiger charge is 2.30. The Balaban J connectivity index is 1.52. The molecule has 1 heterocycles. The number of thioether (sulfide) groups is 1. The highest BCUT2D eigenvalue weighted by Crippen LogP contribution is 2.39. The van der Waals surface area contributed by atoms with Crippen LogP contribution in [0.15, 0.2) is 29.4 Å². The number of nitrogens with zero attached hydrogens (tertiary/aromatic N) is 3. The summed E-state index contributed by atoms with van der Waals surface area (Å²) in [4.78, 5) is 12.3. The fourth-order valence-electron chi connectivity index (χ4n) is 2.28. The van der Waals surface area contributed by atoms with Gasteiger partial charge in [-0.05, 0) is 37.5 Å². The number of rotatable bonds is 7. The van der Waals surface area contributed by atoms with E-state index >= 15 is 0 Å². The Morgan fingerprint density at radius 2 is 2.12 bits per heavy atom. The molecule has 2 aromatic rings. The van der Waals surface area contributed by atoms with Crippen LogP contribution in [-0.4, -0.2) is 33.1 Å². The second-order valence-electron chi connectivity index (χ2n) is 5.81. The van der Waals surface area contributed by atoms with E-state index in [4.69, 9.17) is 10.6 Å². The van der Waals surface area contributed by atoms with Crippen LogP contribution in [0.4, 0.5) is 0 Å². The Hall–Kier alpha value is -2.22. The third-order valence-electron chi connectivity index (χ3n) is 3.91. The zero-order chi connectivity index (χ0) is 17.1. The average Bonchev–Trinajstić information content (AvgIpc) is 3.38. The SMILES string of the molecule is COc1ccc(CNC(=O)[C@@H](C)Sc2nnc(C3CC3)n2N)cc1. The first-order valence-electron chi connectivity index (χ1n) is 7.86. The van der Waals surface area contributed by atoms with E-state index in [9.17, 15) is 4.79 Å². The molecule has 8 heteroatoms. The van der Waals surface area contributed by atoms with Crippen molar-refractivity contribution in [1.29, 1.82) is 0 Å². The number of methoxy groups -OCH3 is 1. The summed E-state index contributed by atoms with van der Waals surface area (Å²) in [6, 6.07) is 7.59. The smallest absolute Gasteiger partial charge is 0.233 e. The van der Waals surface area contributed by atoms with Crippen molar-refractivity contribution in [2.75, 3.05) is 13.0 Å². The minimum atomic E-state index is -0.304. The van der Waals surface area contributed by atoms with E-state index in [-0.39, 0.29) is 11.2 Å². The van der Waals surface area contributed by atoms with Gasteiger partial charge in [0.05, 0.1) is 12.4 Å². The summed E-state index contributed by atoms with van der Waals surface area (Å²) in [5, 5.41) is 11.4. The van der Waals surface area contributed by atoms with Gasteiger partial charge in [-0.25, -0.2) is 4.68 Å². The largest absolute Gasteiger partial charge is 0.497 e. The Bertz CT molecular complexity index is 712. The fourth-order valence-corrected chi connectivity index (χ4v) is 3.08. The molecule has 3 N–H and O–H groups in total. The van der Waals surface area contributed by atoms with Crippen molar-refractivity contribution in [3.63, 3.8) is 0 Å². The molecular weight excluding hydrogens is 326 g/mol. The summed E-state index contributed by atoms with van der Waals surface area (Å²) in [6.07, 6.45) is 2.22. The minimum absolute atomic E-state index is 0.0632. The van der Waals surface area contributed by atoms with Gasteiger partial charge in [0.2, 0.25) is 11.1 Å². The maximum atomic E-state index is 12.3. The summed E-state index contributed by atoms with van der Waals surface area (Å²) in [5.41, 5.74) is 1.01. The topological polar surface area (TPSA) is 95.1 Å². The fraction of sp³-hybridized carbons (Fsp3) is 0.438. The van der Waals surface area contributed by atoms with Crippen LogP contribution in [0.1, 0.15) is 37.1 Å². The third kappa shape index (κ3) is 3.81. The number of amides is 1. The Morgan fingerprint density at radius 3 is 2.75 bits per heavy atom. The van der Waals surface area contributed by atoms with Crippen LogP contribution < -0.4 is 15.9 Å². The summed E-state index contributed by atoms with van der Waals surface area (Å²) >= 11 is 1.32. The molecule has 1 amide bonds. The average molecular weight is 347 g/mol. The predicted octanol–water partition coefficient (Wildman–Crippen LogP) is 1.67. The zero-order valence-electron chi connectivity index (χ0n) is 13.7. The van der Waals surface area contributed by atoms with Crippen molar-refractivity contribution in [3.8, 4) is 5.75 Å². The number of nitrogens with one attached hydrogen (secondary N) is 1. The van der Waals surface area contributed by atoms with E-state index in [2.05, 4.69) is 15.5 Å². The molecule has 0 radical (unpaired) electrons. The minimum Gasteiger partial charge on any atom is -0.497 e. The van der Waals surface area contributed by atoms with Gasteiger partial charge in [0, 0.05) is 12.5 Å². The lowest BCUT2D eigenvalue weighted by atomic mass is 10.2. The van der Waals surface area contributed by atoms with Crippen LogP contribution in [0.2, 0.25) is 0 Å². The lowest BCUT2D eigenvalue weighted by molar-refractivity contribution is -0.120. The number of nitrogen functional groups attached to an aromatic ring is 1. The van der Waals surface area contributed by atoms with E-state index < -0.39 is 0 Å². The molecule has 1 fully saturated rings. The summed E-state index contributed by atoms with van der Waals surface area (Å²) in [6.45, 7) is 2.30. The number of aromatic nitrogens is 3. The quantitative estimate of drug-likeness (QED) is 0.584. The standard InChI is InChI=1S/C16H21N5O2S/c1-10(24-16-20-19-14(21(16)17)12-5-6-12)15(22)18-9-11-3-7-13(23-2)8-4-11/h3-4,7-8,10,12H,5-6,9,17H2,1-2H3,(H,18,22)/t10-/m1/s1. The number of nitrogens with two attached hydrogens (primary N) is 1. The monoisotopic (exact) mass is 347 g/mol. The van der Waals surface area contributed by atoms with Crippen LogP contribution in [-0.2, 0) is 11.3 Å². The molecule has 0 bridgehead atoms. The van der Waals surface area contributed by atoms with Gasteiger partial charge in [0.25, 0.3) is 0 Å². The number of carbonyl (C=O) groups is 1. The second kappa shape index (κ2) is 7.12. The highest BCUT2D eigenvalue weighted by molar-refractivity contribution is 8.00. The molecule has 3 rings (SSSR count). The molecule has 1 saturated carbocycles. The third-order valence-corrected chi connectivity index (χ3v) is 4.97. The van der Waals surface area contributed by atoms with Crippen molar-refractivity contribution < 1.29 is 9.53 Å². The van der Waals surface area contributed by atoms with E-state index in [1.807, 2.05) is 31.2 Å². The van der Waals surface area contributed by atoms with E-state index in [0.717, 1.165) is 30.0 Å².